The van der Waals surface area contributed by atoms with Crippen molar-refractivity contribution in [3.05, 3.63) is 36.1 Å². The molecule has 0 amide bonds. The Morgan fingerprint density at radius 1 is 1.31 bits per heavy atom. The van der Waals surface area contributed by atoms with Gasteiger partial charge in [-0.15, -0.1) is 0 Å². The van der Waals surface area contributed by atoms with Crippen LogP contribution in [0.1, 0.15) is 25.5 Å². The molecule has 1 aromatic heterocycles. The highest BCUT2D eigenvalue weighted by Crippen LogP contribution is 2.25. The highest BCUT2D eigenvalue weighted by Gasteiger charge is 2.13. The standard InChI is InChI=1S/C13H17NO2/c1-9(2)15-8-12(14)11-7-16-13-6-4-3-5-10(11)13/h3-7,9,12H,8,14H2,1-2H3. The van der Waals surface area contributed by atoms with Crippen molar-refractivity contribution < 1.29 is 9.15 Å². The summed E-state index contributed by atoms with van der Waals surface area (Å²) in [5.41, 5.74) is 7.95. The van der Waals surface area contributed by atoms with Gasteiger partial charge in [-0.1, -0.05) is 18.2 Å². The molecule has 2 rings (SSSR count). The maximum Gasteiger partial charge on any atom is 0.134 e. The molecule has 3 heteroatoms. The maximum atomic E-state index is 6.07. The largest absolute Gasteiger partial charge is 0.464 e. The van der Waals surface area contributed by atoms with Gasteiger partial charge in [0.1, 0.15) is 5.58 Å². The minimum absolute atomic E-state index is 0.133. The second kappa shape index (κ2) is 4.68. The second-order valence-electron chi connectivity index (χ2n) is 4.18. The number of ether oxygens (including phenoxy) is 1. The number of hydrogen-bond acceptors (Lipinski definition) is 3. The van der Waals surface area contributed by atoms with Crippen LogP contribution in [0.25, 0.3) is 11.0 Å². The van der Waals surface area contributed by atoms with Crippen LogP contribution in [0.5, 0.6) is 0 Å². The first kappa shape index (κ1) is 11.2. The monoisotopic (exact) mass is 219 g/mol. The van der Waals surface area contributed by atoms with Crippen LogP contribution in [0.3, 0.4) is 0 Å². The lowest BCUT2D eigenvalue weighted by Crippen LogP contribution is -2.19. The molecule has 3 nitrogen and oxygen atoms in total. The fourth-order valence-electron chi connectivity index (χ4n) is 1.67. The van der Waals surface area contributed by atoms with Gasteiger partial charge >= 0.3 is 0 Å². The van der Waals surface area contributed by atoms with E-state index in [-0.39, 0.29) is 12.1 Å². The molecule has 1 heterocycles. The van der Waals surface area contributed by atoms with Crippen molar-refractivity contribution in [3.63, 3.8) is 0 Å². The molecule has 86 valence electrons. The SMILES string of the molecule is CC(C)OCC(N)c1coc2ccccc12. The van der Waals surface area contributed by atoms with Crippen LogP contribution in [-0.4, -0.2) is 12.7 Å². The Hall–Kier alpha value is -1.32. The van der Waals surface area contributed by atoms with Crippen molar-refractivity contribution in [2.24, 2.45) is 5.73 Å². The molecule has 0 aliphatic carbocycles. The topological polar surface area (TPSA) is 48.4 Å². The van der Waals surface area contributed by atoms with E-state index in [2.05, 4.69) is 0 Å². The summed E-state index contributed by atoms with van der Waals surface area (Å²) in [6, 6.07) is 7.76. The highest BCUT2D eigenvalue weighted by molar-refractivity contribution is 5.81. The molecule has 0 spiro atoms. The summed E-state index contributed by atoms with van der Waals surface area (Å²) in [5.74, 6) is 0. The highest BCUT2D eigenvalue weighted by atomic mass is 16.5. The molecule has 0 saturated heterocycles. The van der Waals surface area contributed by atoms with Crippen LogP contribution >= 0.6 is 0 Å². The van der Waals surface area contributed by atoms with Crippen LogP contribution in [0, 0.1) is 0 Å². The number of para-hydroxylation sites is 1. The Kier molecular flexibility index (Phi) is 3.27. The van der Waals surface area contributed by atoms with Crippen molar-refractivity contribution in [1.82, 2.24) is 0 Å². The van der Waals surface area contributed by atoms with Crippen LogP contribution in [-0.2, 0) is 4.74 Å². The van der Waals surface area contributed by atoms with Crippen molar-refractivity contribution in [3.8, 4) is 0 Å². The molecule has 2 aromatic rings. The van der Waals surface area contributed by atoms with E-state index >= 15 is 0 Å². The van der Waals surface area contributed by atoms with Gasteiger partial charge in [-0.2, -0.15) is 0 Å². The Balaban J connectivity index is 2.19. The van der Waals surface area contributed by atoms with E-state index in [4.69, 9.17) is 14.9 Å². The molecule has 0 bridgehead atoms. The van der Waals surface area contributed by atoms with Crippen molar-refractivity contribution in [1.29, 1.82) is 0 Å². The third-order valence-corrected chi connectivity index (χ3v) is 2.52. The molecule has 0 fully saturated rings. The third-order valence-electron chi connectivity index (χ3n) is 2.52. The molecular weight excluding hydrogens is 202 g/mol. The van der Waals surface area contributed by atoms with Gasteiger partial charge in [0.2, 0.25) is 0 Å². The molecular formula is C13H17NO2. The van der Waals surface area contributed by atoms with E-state index in [1.165, 1.54) is 0 Å². The molecule has 1 aromatic carbocycles. The Morgan fingerprint density at radius 3 is 2.81 bits per heavy atom. The average molecular weight is 219 g/mol. The van der Waals surface area contributed by atoms with E-state index in [1.54, 1.807) is 6.26 Å². The molecule has 0 aliphatic rings. The molecule has 1 unspecified atom stereocenters. The summed E-state index contributed by atoms with van der Waals surface area (Å²) >= 11 is 0. The van der Waals surface area contributed by atoms with Gasteiger partial charge in [-0.25, -0.2) is 0 Å². The van der Waals surface area contributed by atoms with E-state index in [9.17, 15) is 0 Å². The lowest BCUT2D eigenvalue weighted by molar-refractivity contribution is 0.0684. The molecule has 16 heavy (non-hydrogen) atoms. The minimum Gasteiger partial charge on any atom is -0.464 e. The van der Waals surface area contributed by atoms with E-state index in [0.29, 0.717) is 6.61 Å². The molecule has 0 saturated carbocycles. The molecule has 2 N–H and O–H groups in total. The zero-order valence-electron chi connectivity index (χ0n) is 9.64. The molecule has 0 radical (unpaired) electrons. The summed E-state index contributed by atoms with van der Waals surface area (Å²) < 4.78 is 11.0. The van der Waals surface area contributed by atoms with E-state index in [0.717, 1.165) is 16.5 Å². The van der Waals surface area contributed by atoms with Crippen LogP contribution < -0.4 is 5.73 Å². The second-order valence-corrected chi connectivity index (χ2v) is 4.18. The summed E-state index contributed by atoms with van der Waals surface area (Å²) in [6.07, 6.45) is 1.92. The van der Waals surface area contributed by atoms with Crippen molar-refractivity contribution in [2.75, 3.05) is 6.61 Å². The smallest absolute Gasteiger partial charge is 0.134 e. The number of hydrogen-bond donors (Lipinski definition) is 1. The van der Waals surface area contributed by atoms with Crippen molar-refractivity contribution >= 4 is 11.0 Å². The fourth-order valence-corrected chi connectivity index (χ4v) is 1.67. The van der Waals surface area contributed by atoms with Gasteiger partial charge in [-0.05, 0) is 19.9 Å². The molecule has 0 aliphatic heterocycles. The van der Waals surface area contributed by atoms with E-state index in [1.807, 2.05) is 38.1 Å². The van der Waals surface area contributed by atoms with E-state index < -0.39 is 0 Å². The normalized spacial score (nSPS) is 13.5. The van der Waals surface area contributed by atoms with Crippen molar-refractivity contribution in [2.45, 2.75) is 26.0 Å². The Bertz CT molecular complexity index is 462. The summed E-state index contributed by atoms with van der Waals surface area (Å²) in [5, 5.41) is 1.07. The quantitative estimate of drug-likeness (QED) is 0.860. The number of rotatable bonds is 4. The third kappa shape index (κ3) is 2.26. The lowest BCUT2D eigenvalue weighted by Gasteiger charge is -2.13. The van der Waals surface area contributed by atoms with Crippen LogP contribution in [0.15, 0.2) is 34.9 Å². The van der Waals surface area contributed by atoms with Crippen LogP contribution in [0.4, 0.5) is 0 Å². The number of fused-ring (bicyclic) bond motifs is 1. The number of benzene rings is 1. The maximum absolute atomic E-state index is 6.07. The van der Waals surface area contributed by atoms with Gasteiger partial charge in [0.15, 0.2) is 0 Å². The van der Waals surface area contributed by atoms with Gasteiger partial charge in [0.05, 0.1) is 25.0 Å². The number of nitrogens with two attached hydrogens (primary N) is 1. The zero-order valence-corrected chi connectivity index (χ0v) is 9.64. The summed E-state index contributed by atoms with van der Waals surface area (Å²) in [6.45, 7) is 4.52. The summed E-state index contributed by atoms with van der Waals surface area (Å²) in [4.78, 5) is 0. The van der Waals surface area contributed by atoms with Gasteiger partial charge in [-0.3, -0.25) is 0 Å². The number of furan rings is 1. The molecule has 1 atom stereocenters. The first-order valence-corrected chi connectivity index (χ1v) is 5.52. The predicted molar refractivity (Wildman–Crippen MR) is 64.2 cm³/mol. The Morgan fingerprint density at radius 2 is 2.06 bits per heavy atom. The van der Waals surface area contributed by atoms with Gasteiger partial charge < -0.3 is 14.9 Å². The first-order chi connectivity index (χ1) is 7.68. The summed E-state index contributed by atoms with van der Waals surface area (Å²) in [7, 11) is 0. The van der Waals surface area contributed by atoms with Gasteiger partial charge in [0, 0.05) is 10.9 Å². The zero-order chi connectivity index (χ0) is 11.5. The lowest BCUT2D eigenvalue weighted by atomic mass is 10.1. The van der Waals surface area contributed by atoms with Crippen LogP contribution in [0.2, 0.25) is 0 Å². The van der Waals surface area contributed by atoms with Gasteiger partial charge in [0.25, 0.3) is 0 Å². The average Bonchev–Trinajstić information content (AvgIpc) is 2.69. The minimum atomic E-state index is -0.133. The Labute approximate surface area is 95.2 Å². The fraction of sp³-hybridized carbons (Fsp3) is 0.385. The predicted octanol–water partition coefficient (Wildman–Crippen LogP) is 2.86. The first-order valence-electron chi connectivity index (χ1n) is 5.52.